The van der Waals surface area contributed by atoms with E-state index in [9.17, 15) is 8.78 Å². The van der Waals surface area contributed by atoms with Gasteiger partial charge in [0.05, 0.1) is 0 Å². The molecule has 2 aromatic rings. The van der Waals surface area contributed by atoms with E-state index in [2.05, 4.69) is 27.1 Å². The van der Waals surface area contributed by atoms with Crippen molar-refractivity contribution in [3.63, 3.8) is 0 Å². The molecule has 2 heterocycles. The molecule has 0 radical (unpaired) electrons. The van der Waals surface area contributed by atoms with E-state index in [4.69, 9.17) is 0 Å². The van der Waals surface area contributed by atoms with Crippen LogP contribution in [-0.4, -0.2) is 9.38 Å². The van der Waals surface area contributed by atoms with Gasteiger partial charge < -0.3 is 9.38 Å². The van der Waals surface area contributed by atoms with Crippen molar-refractivity contribution in [1.82, 2.24) is 9.38 Å². The first-order valence-electron chi connectivity index (χ1n) is 4.51. The van der Waals surface area contributed by atoms with Crippen molar-refractivity contribution in [1.29, 1.82) is 0 Å². The predicted molar refractivity (Wildman–Crippen MR) is 58.0 cm³/mol. The minimum absolute atomic E-state index is 0. The van der Waals surface area contributed by atoms with Crippen LogP contribution in [0.1, 0.15) is 25.8 Å². The van der Waals surface area contributed by atoms with Gasteiger partial charge in [-0.3, -0.25) is 0 Å². The van der Waals surface area contributed by atoms with Gasteiger partial charge in [-0.2, -0.15) is 0 Å². The fourth-order valence-corrected chi connectivity index (χ4v) is 1.57. The number of halogens is 3. The average molecular weight is 383 g/mol. The molecule has 16 heavy (non-hydrogen) atoms. The summed E-state index contributed by atoms with van der Waals surface area (Å²) in [6.45, 7) is 4.00. The van der Waals surface area contributed by atoms with Crippen LogP contribution in [-0.2, 0) is 20.4 Å². The van der Waals surface area contributed by atoms with Crippen molar-refractivity contribution in [2.75, 3.05) is 0 Å². The summed E-state index contributed by atoms with van der Waals surface area (Å²) in [7, 11) is 0. The molecule has 0 aliphatic carbocycles. The van der Waals surface area contributed by atoms with Gasteiger partial charge in [-0.1, -0.05) is 26.1 Å². The van der Waals surface area contributed by atoms with Crippen molar-refractivity contribution in [2.24, 2.45) is 0 Å². The van der Waals surface area contributed by atoms with Gasteiger partial charge in [-0.15, -0.1) is 6.20 Å². The number of aromatic nitrogens is 2. The Kier molecular flexibility index (Phi) is 6.97. The zero-order valence-corrected chi connectivity index (χ0v) is 11.8. The molecule has 0 fully saturated rings. The summed E-state index contributed by atoms with van der Waals surface area (Å²) in [6.07, 6.45) is 3.21. The second kappa shape index (κ2) is 7.10. The molecule has 0 aliphatic heterocycles. The predicted octanol–water partition coefficient (Wildman–Crippen LogP) is 3.86. The fourth-order valence-electron chi connectivity index (χ4n) is 1.06. The molecule has 0 aromatic carbocycles. The second-order valence-electron chi connectivity index (χ2n) is 2.51. The van der Waals surface area contributed by atoms with Gasteiger partial charge in [0, 0.05) is 36.7 Å². The van der Waals surface area contributed by atoms with Crippen LogP contribution >= 0.6 is 15.9 Å². The molecule has 0 spiro atoms. The van der Waals surface area contributed by atoms with Gasteiger partial charge in [0.25, 0.3) is 6.43 Å². The van der Waals surface area contributed by atoms with Gasteiger partial charge in [0.1, 0.15) is 0 Å². The van der Waals surface area contributed by atoms with Gasteiger partial charge in [-0.05, 0) is 21.6 Å². The Labute approximate surface area is 115 Å². The Morgan fingerprint density at radius 3 is 2.62 bits per heavy atom. The zero-order valence-electron chi connectivity index (χ0n) is 8.65. The monoisotopic (exact) mass is 381 g/mol. The number of hydrogen-bond acceptors (Lipinski definition) is 1. The van der Waals surface area contributed by atoms with Crippen LogP contribution in [0.15, 0.2) is 22.9 Å². The smallest absolute Gasteiger partial charge is 0.263 e. The van der Waals surface area contributed by atoms with E-state index in [1.54, 1.807) is 16.8 Å². The number of rotatable bonds is 1. The zero-order chi connectivity index (χ0) is 11.4. The van der Waals surface area contributed by atoms with Crippen LogP contribution < -0.4 is 0 Å². The molecule has 0 N–H and O–H groups in total. The third-order valence-electron chi connectivity index (χ3n) is 1.69. The minimum Gasteiger partial charge on any atom is -0.436 e. The SMILES string of the molecule is CC.FC(F)c1cc2n[c-]cn2cc1Br.[Pd]. The Balaban J connectivity index is 0.000000711. The molecular formula is C10H10BrF2N2Pd-. The molecule has 0 saturated heterocycles. The van der Waals surface area contributed by atoms with Crippen LogP contribution in [0.4, 0.5) is 8.78 Å². The Bertz CT molecular complexity index is 445. The van der Waals surface area contributed by atoms with Gasteiger partial charge in [0.15, 0.2) is 0 Å². The maximum atomic E-state index is 12.4. The van der Waals surface area contributed by atoms with Crippen molar-refractivity contribution in [3.8, 4) is 0 Å². The summed E-state index contributed by atoms with van der Waals surface area (Å²) in [4.78, 5) is 3.79. The van der Waals surface area contributed by atoms with Crippen molar-refractivity contribution in [3.05, 3.63) is 34.7 Å². The Hall–Kier alpha value is -0.308. The summed E-state index contributed by atoms with van der Waals surface area (Å²) in [5.41, 5.74) is 0.422. The maximum Gasteiger partial charge on any atom is 0.263 e. The molecule has 0 bridgehead atoms. The topological polar surface area (TPSA) is 17.3 Å². The maximum absolute atomic E-state index is 12.4. The minimum atomic E-state index is -2.49. The first-order valence-corrected chi connectivity index (χ1v) is 5.30. The summed E-state index contributed by atoms with van der Waals surface area (Å²) in [5.74, 6) is 0. The van der Waals surface area contributed by atoms with E-state index in [0.717, 1.165) is 0 Å². The Morgan fingerprint density at radius 1 is 1.44 bits per heavy atom. The number of nitrogens with zero attached hydrogens (tertiary/aromatic N) is 2. The molecule has 0 amide bonds. The van der Waals surface area contributed by atoms with Crippen molar-refractivity contribution >= 4 is 21.6 Å². The Morgan fingerprint density at radius 2 is 2.06 bits per heavy atom. The number of imidazole rings is 1. The first kappa shape index (κ1) is 15.7. The summed E-state index contributed by atoms with van der Waals surface area (Å²) in [6, 6.07) is 1.34. The van der Waals surface area contributed by atoms with Crippen LogP contribution in [0.3, 0.4) is 0 Å². The largest absolute Gasteiger partial charge is 0.436 e. The fraction of sp³-hybridized carbons (Fsp3) is 0.300. The van der Waals surface area contributed by atoms with Gasteiger partial charge in [0.2, 0.25) is 0 Å². The van der Waals surface area contributed by atoms with Gasteiger partial charge in [-0.25, -0.2) is 8.78 Å². The van der Waals surface area contributed by atoms with Crippen LogP contribution in [0.2, 0.25) is 0 Å². The first-order chi connectivity index (χ1) is 7.18. The van der Waals surface area contributed by atoms with E-state index in [0.29, 0.717) is 10.1 Å². The second-order valence-corrected chi connectivity index (χ2v) is 3.37. The molecule has 92 valence electrons. The standard InChI is InChI=1S/C8H4BrF2N2.C2H6.Pd/c9-6-4-13-2-1-12-7(13)3-5(6)8(10)11;1-2;/h2-4,8H;1-2H3;/q-1;;. The molecular weight excluding hydrogens is 372 g/mol. The summed E-state index contributed by atoms with van der Waals surface area (Å²) in [5, 5.41) is 0. The number of pyridine rings is 1. The third kappa shape index (κ3) is 3.34. The number of alkyl halides is 2. The third-order valence-corrected chi connectivity index (χ3v) is 2.35. The van der Waals surface area contributed by atoms with E-state index >= 15 is 0 Å². The molecule has 0 saturated carbocycles. The van der Waals surface area contributed by atoms with Gasteiger partial charge >= 0.3 is 0 Å². The van der Waals surface area contributed by atoms with Crippen molar-refractivity contribution in [2.45, 2.75) is 20.3 Å². The molecule has 2 nitrogen and oxygen atoms in total. The molecule has 0 aliphatic rings. The molecule has 0 atom stereocenters. The van der Waals surface area contributed by atoms with E-state index in [1.807, 2.05) is 13.8 Å². The van der Waals surface area contributed by atoms with Crippen LogP contribution in [0.5, 0.6) is 0 Å². The molecule has 0 unspecified atom stereocenters. The van der Waals surface area contributed by atoms with Crippen LogP contribution in [0.25, 0.3) is 5.65 Å². The molecule has 2 rings (SSSR count). The normalized spacial score (nSPS) is 9.62. The molecule has 2 aromatic heterocycles. The van der Waals surface area contributed by atoms with Crippen LogP contribution in [0, 0.1) is 6.20 Å². The number of hydrogen-bond donors (Lipinski definition) is 0. The van der Waals surface area contributed by atoms with Crippen molar-refractivity contribution < 1.29 is 29.2 Å². The summed E-state index contributed by atoms with van der Waals surface area (Å²) >= 11 is 3.06. The number of fused-ring (bicyclic) bond motifs is 1. The van der Waals surface area contributed by atoms with E-state index in [1.165, 1.54) is 6.07 Å². The van der Waals surface area contributed by atoms with E-state index in [-0.39, 0.29) is 26.0 Å². The quantitative estimate of drug-likeness (QED) is 0.541. The van der Waals surface area contributed by atoms with E-state index < -0.39 is 6.43 Å². The molecule has 6 heteroatoms. The average Bonchev–Trinajstić information content (AvgIpc) is 2.66. The summed E-state index contributed by atoms with van der Waals surface area (Å²) < 4.78 is 26.8.